The summed E-state index contributed by atoms with van der Waals surface area (Å²) in [7, 11) is 0. The third-order valence-corrected chi connectivity index (χ3v) is 4.85. The molecule has 0 saturated heterocycles. The Morgan fingerprint density at radius 3 is 2.63 bits per heavy atom. The highest BCUT2D eigenvalue weighted by atomic mass is 32.2. The molecule has 0 fully saturated rings. The highest BCUT2D eigenvalue weighted by molar-refractivity contribution is 7.97. The van der Waals surface area contributed by atoms with Crippen LogP contribution in [0.15, 0.2) is 47.0 Å². The van der Waals surface area contributed by atoms with E-state index in [0.717, 1.165) is 15.3 Å². The van der Waals surface area contributed by atoms with Crippen molar-refractivity contribution in [3.63, 3.8) is 0 Å². The summed E-state index contributed by atoms with van der Waals surface area (Å²) in [5.74, 6) is -1.36. The second kappa shape index (κ2) is 4.64. The molecule has 0 saturated carbocycles. The van der Waals surface area contributed by atoms with Crippen molar-refractivity contribution in [2.24, 2.45) is 0 Å². The van der Waals surface area contributed by atoms with Gasteiger partial charge in [0.25, 0.3) is 0 Å². The Balaban J connectivity index is 2.09. The Morgan fingerprint density at radius 1 is 1.21 bits per heavy atom. The molecule has 1 aliphatic rings. The molecule has 0 bridgehead atoms. The number of thiophene rings is 1. The Morgan fingerprint density at radius 2 is 1.95 bits per heavy atom. The van der Waals surface area contributed by atoms with Gasteiger partial charge in [0.05, 0.1) is 9.77 Å². The molecule has 2 aromatic rings. The van der Waals surface area contributed by atoms with Gasteiger partial charge < -0.3 is 14.9 Å². The Labute approximate surface area is 117 Å². The highest BCUT2D eigenvalue weighted by Gasteiger charge is 2.26. The first-order chi connectivity index (χ1) is 9.16. The molecule has 0 aliphatic carbocycles. The van der Waals surface area contributed by atoms with E-state index in [1.54, 1.807) is 0 Å². The van der Waals surface area contributed by atoms with E-state index in [4.69, 9.17) is 5.11 Å². The topological polar surface area (TPSA) is 69.6 Å². The molecule has 19 heavy (non-hydrogen) atoms. The lowest BCUT2D eigenvalue weighted by molar-refractivity contribution is -0.132. The zero-order chi connectivity index (χ0) is 13.4. The fraction of sp³-hybridized carbons (Fsp3) is 0. The van der Waals surface area contributed by atoms with Crippen molar-refractivity contribution in [1.29, 1.82) is 0 Å². The fourth-order valence-electron chi connectivity index (χ4n) is 1.77. The Hall–Kier alpha value is -1.92. The number of hydrogen-bond acceptors (Lipinski definition) is 5. The standard InChI is InChI=1S/C13H9NO3S2/c15-11-10(13(16)17)14-19-9-6-8(18-12(9)11)7-4-2-1-3-5-7/h1-6,14-15H,(H,16,17). The molecule has 1 aromatic carbocycles. The van der Waals surface area contributed by atoms with E-state index in [1.165, 1.54) is 23.3 Å². The van der Waals surface area contributed by atoms with Crippen LogP contribution in [0.2, 0.25) is 0 Å². The summed E-state index contributed by atoms with van der Waals surface area (Å²) in [6.45, 7) is 0. The molecule has 0 atom stereocenters. The van der Waals surface area contributed by atoms with Gasteiger partial charge in [0.15, 0.2) is 11.5 Å². The van der Waals surface area contributed by atoms with Crippen molar-refractivity contribution in [3.05, 3.63) is 47.0 Å². The summed E-state index contributed by atoms with van der Waals surface area (Å²) >= 11 is 2.59. The van der Waals surface area contributed by atoms with Gasteiger partial charge in [-0.1, -0.05) is 30.3 Å². The molecule has 3 N–H and O–H groups in total. The number of benzene rings is 1. The maximum absolute atomic E-state index is 11.0. The zero-order valence-corrected chi connectivity index (χ0v) is 11.2. The highest BCUT2D eigenvalue weighted by Crippen LogP contribution is 2.42. The van der Waals surface area contributed by atoms with Crippen LogP contribution < -0.4 is 4.72 Å². The van der Waals surface area contributed by atoms with Gasteiger partial charge in [-0.25, -0.2) is 4.79 Å². The second-order valence-electron chi connectivity index (χ2n) is 3.90. The minimum Gasteiger partial charge on any atom is -0.504 e. The van der Waals surface area contributed by atoms with Crippen molar-refractivity contribution in [2.75, 3.05) is 0 Å². The van der Waals surface area contributed by atoms with Crippen LogP contribution in [0.3, 0.4) is 0 Å². The van der Waals surface area contributed by atoms with Gasteiger partial charge in [-0.2, -0.15) is 0 Å². The minimum absolute atomic E-state index is 0.168. The predicted octanol–water partition coefficient (Wildman–Crippen LogP) is 3.34. The van der Waals surface area contributed by atoms with Crippen LogP contribution >= 0.6 is 23.3 Å². The van der Waals surface area contributed by atoms with Gasteiger partial charge in [-0.3, -0.25) is 0 Å². The van der Waals surface area contributed by atoms with Crippen LogP contribution in [0.4, 0.5) is 0 Å². The molecule has 2 heterocycles. The summed E-state index contributed by atoms with van der Waals surface area (Å²) in [5, 5.41) is 19.0. The number of nitrogens with one attached hydrogen (secondary N) is 1. The van der Waals surface area contributed by atoms with Crippen molar-refractivity contribution >= 4 is 35.0 Å². The number of fused-ring (bicyclic) bond motifs is 1. The first-order valence-corrected chi connectivity index (χ1v) is 7.09. The summed E-state index contributed by atoms with van der Waals surface area (Å²) in [5.41, 5.74) is 0.881. The molecule has 4 nitrogen and oxygen atoms in total. The van der Waals surface area contributed by atoms with Crippen LogP contribution in [0, 0.1) is 0 Å². The minimum atomic E-state index is -1.16. The van der Waals surface area contributed by atoms with E-state index < -0.39 is 5.97 Å². The normalized spacial score (nSPS) is 13.9. The lowest BCUT2D eigenvalue weighted by atomic mass is 10.2. The number of aliphatic carboxylic acids is 1. The summed E-state index contributed by atoms with van der Waals surface area (Å²) in [4.78, 5) is 13.4. The third-order valence-electron chi connectivity index (χ3n) is 2.69. The van der Waals surface area contributed by atoms with Gasteiger partial charge in [0, 0.05) is 4.88 Å². The average molecular weight is 291 g/mol. The monoisotopic (exact) mass is 291 g/mol. The largest absolute Gasteiger partial charge is 0.504 e. The average Bonchev–Trinajstić information content (AvgIpc) is 2.85. The van der Waals surface area contributed by atoms with E-state index >= 15 is 0 Å². The molecular weight excluding hydrogens is 282 g/mol. The summed E-state index contributed by atoms with van der Waals surface area (Å²) in [6, 6.07) is 11.7. The van der Waals surface area contributed by atoms with Crippen LogP contribution in [0.25, 0.3) is 16.2 Å². The molecular formula is C13H9NO3S2. The van der Waals surface area contributed by atoms with Gasteiger partial charge in [-0.15, -0.1) is 11.3 Å². The molecule has 3 rings (SSSR count). The van der Waals surface area contributed by atoms with E-state index in [1.807, 2.05) is 36.4 Å². The molecule has 0 amide bonds. The predicted molar refractivity (Wildman–Crippen MR) is 75.9 cm³/mol. The Kier molecular flexibility index (Phi) is 2.96. The Bertz CT molecular complexity index is 676. The number of carboxylic acid groups (broad SMARTS) is 1. The van der Waals surface area contributed by atoms with Crippen LogP contribution in [-0.4, -0.2) is 16.2 Å². The van der Waals surface area contributed by atoms with E-state index in [2.05, 4.69) is 4.72 Å². The number of hydrogen-bond donors (Lipinski definition) is 3. The zero-order valence-electron chi connectivity index (χ0n) is 9.58. The van der Waals surface area contributed by atoms with Crippen molar-refractivity contribution in [1.82, 2.24) is 4.72 Å². The van der Waals surface area contributed by atoms with Crippen LogP contribution in [-0.2, 0) is 4.79 Å². The van der Waals surface area contributed by atoms with E-state index in [9.17, 15) is 9.90 Å². The fourth-order valence-corrected chi connectivity index (χ4v) is 3.87. The molecule has 6 heteroatoms. The lowest BCUT2D eigenvalue weighted by Crippen LogP contribution is -2.18. The van der Waals surface area contributed by atoms with Gasteiger partial charge in [0.2, 0.25) is 0 Å². The van der Waals surface area contributed by atoms with Crippen molar-refractivity contribution in [2.45, 2.75) is 4.90 Å². The number of carboxylic acids is 1. The van der Waals surface area contributed by atoms with Gasteiger partial charge in [-0.05, 0) is 23.6 Å². The molecule has 0 spiro atoms. The number of aliphatic hydroxyl groups is 1. The first kappa shape index (κ1) is 12.1. The smallest absolute Gasteiger partial charge is 0.356 e. The SMILES string of the molecule is O=C(O)C1=C(O)c2sc(-c3ccccc3)cc2SN1. The number of aliphatic hydroxyl groups excluding tert-OH is 1. The number of carbonyl (C=O) groups is 1. The van der Waals surface area contributed by atoms with Gasteiger partial charge in [0.1, 0.15) is 0 Å². The molecule has 1 aromatic heterocycles. The third kappa shape index (κ3) is 2.09. The van der Waals surface area contributed by atoms with Gasteiger partial charge >= 0.3 is 5.97 Å². The second-order valence-corrected chi connectivity index (χ2v) is 5.80. The quantitative estimate of drug-likeness (QED) is 0.740. The molecule has 1 aliphatic heterocycles. The maximum Gasteiger partial charge on any atom is 0.356 e. The van der Waals surface area contributed by atoms with E-state index in [-0.39, 0.29) is 11.5 Å². The molecule has 0 unspecified atom stereocenters. The summed E-state index contributed by atoms with van der Waals surface area (Å²) in [6.07, 6.45) is 0. The van der Waals surface area contributed by atoms with Crippen LogP contribution in [0.5, 0.6) is 0 Å². The van der Waals surface area contributed by atoms with Crippen molar-refractivity contribution < 1.29 is 15.0 Å². The first-order valence-electron chi connectivity index (χ1n) is 5.46. The van der Waals surface area contributed by atoms with Crippen molar-refractivity contribution in [3.8, 4) is 10.4 Å². The molecule has 96 valence electrons. The lowest BCUT2D eigenvalue weighted by Gasteiger charge is -2.13. The summed E-state index contributed by atoms with van der Waals surface area (Å²) < 4.78 is 2.64. The van der Waals surface area contributed by atoms with Crippen LogP contribution in [0.1, 0.15) is 4.88 Å². The number of rotatable bonds is 2. The molecule has 0 radical (unpaired) electrons. The van der Waals surface area contributed by atoms with E-state index in [0.29, 0.717) is 4.88 Å². The maximum atomic E-state index is 11.0.